The summed E-state index contributed by atoms with van der Waals surface area (Å²) < 4.78 is 22.9. The molecule has 0 heterocycles. The van der Waals surface area contributed by atoms with E-state index < -0.39 is 6.08 Å². The molecule has 0 aliphatic rings. The Morgan fingerprint density at radius 3 is 2.00 bits per heavy atom. The number of allylic oxidation sites excluding steroid dienone is 3. The molecule has 0 aromatic rings. The normalized spacial score (nSPS) is 10.0. The molecule has 0 amide bonds. The van der Waals surface area contributed by atoms with Gasteiger partial charge in [-0.1, -0.05) is 12.2 Å². The zero-order chi connectivity index (χ0) is 6.57. The van der Waals surface area contributed by atoms with Gasteiger partial charge in [0.25, 0.3) is 6.08 Å². The van der Waals surface area contributed by atoms with Crippen LogP contribution >= 0.6 is 0 Å². The second-order valence-corrected chi connectivity index (χ2v) is 1.44. The van der Waals surface area contributed by atoms with Crippen molar-refractivity contribution in [1.29, 1.82) is 0 Å². The summed E-state index contributed by atoms with van der Waals surface area (Å²) in [7, 11) is 0. The number of hydrogen-bond acceptors (Lipinski definition) is 0. The predicted molar refractivity (Wildman–Crippen MR) is 29.7 cm³/mol. The maximum atomic E-state index is 11.4. The average molecular weight is 118 g/mol. The second-order valence-electron chi connectivity index (χ2n) is 1.44. The molecular formula is C6H8F2. The lowest BCUT2D eigenvalue weighted by molar-refractivity contribution is 0.414. The molecule has 8 heavy (non-hydrogen) atoms. The third-order valence-corrected chi connectivity index (χ3v) is 0.715. The molecule has 0 radical (unpaired) electrons. The summed E-state index contributed by atoms with van der Waals surface area (Å²) in [5.74, 6) is 0. The van der Waals surface area contributed by atoms with Crippen molar-refractivity contribution >= 4 is 0 Å². The van der Waals surface area contributed by atoms with Crippen LogP contribution in [-0.4, -0.2) is 0 Å². The van der Waals surface area contributed by atoms with E-state index in [1.165, 1.54) is 13.0 Å². The lowest BCUT2D eigenvalue weighted by Crippen LogP contribution is -1.67. The zero-order valence-corrected chi connectivity index (χ0v) is 4.91. The number of hydrogen-bond donors (Lipinski definition) is 0. The molecular weight excluding hydrogens is 110 g/mol. The van der Waals surface area contributed by atoms with E-state index in [-0.39, 0.29) is 5.57 Å². The Kier molecular flexibility index (Phi) is 3.08. The van der Waals surface area contributed by atoms with Crippen LogP contribution in [0, 0.1) is 0 Å². The van der Waals surface area contributed by atoms with Crippen molar-refractivity contribution in [2.45, 2.75) is 13.8 Å². The summed E-state index contributed by atoms with van der Waals surface area (Å²) in [5, 5.41) is 0. The van der Waals surface area contributed by atoms with Crippen molar-refractivity contribution in [3.05, 3.63) is 23.8 Å². The van der Waals surface area contributed by atoms with E-state index >= 15 is 0 Å². The van der Waals surface area contributed by atoms with Crippen molar-refractivity contribution in [2.75, 3.05) is 0 Å². The molecule has 0 saturated carbocycles. The maximum Gasteiger partial charge on any atom is 0.273 e. The summed E-state index contributed by atoms with van der Waals surface area (Å²) in [6.07, 6.45) is 1.34. The van der Waals surface area contributed by atoms with Gasteiger partial charge in [0.15, 0.2) is 0 Å². The van der Waals surface area contributed by atoms with Gasteiger partial charge in [0.05, 0.1) is 0 Å². The van der Waals surface area contributed by atoms with Crippen LogP contribution in [0.15, 0.2) is 23.8 Å². The van der Waals surface area contributed by atoms with Crippen LogP contribution in [0.3, 0.4) is 0 Å². The minimum absolute atomic E-state index is 0.0347. The van der Waals surface area contributed by atoms with Gasteiger partial charge in [-0.3, -0.25) is 0 Å². The molecule has 0 fully saturated rings. The molecule has 46 valence electrons. The summed E-state index contributed by atoms with van der Waals surface area (Å²) in [6, 6.07) is 0. The molecule has 0 rings (SSSR count). The van der Waals surface area contributed by atoms with E-state index in [1.807, 2.05) is 0 Å². The van der Waals surface area contributed by atoms with Gasteiger partial charge in [-0.05, 0) is 13.8 Å². The third kappa shape index (κ3) is 2.50. The van der Waals surface area contributed by atoms with E-state index in [9.17, 15) is 8.78 Å². The van der Waals surface area contributed by atoms with E-state index in [4.69, 9.17) is 0 Å². The molecule has 0 nitrogen and oxygen atoms in total. The summed E-state index contributed by atoms with van der Waals surface area (Å²) in [5.41, 5.74) is 0.0347. The fourth-order valence-electron chi connectivity index (χ4n) is 0.313. The first-order valence-electron chi connectivity index (χ1n) is 2.33. The van der Waals surface area contributed by atoms with Gasteiger partial charge < -0.3 is 0 Å². The van der Waals surface area contributed by atoms with Gasteiger partial charge >= 0.3 is 0 Å². The first kappa shape index (κ1) is 7.34. The smallest absolute Gasteiger partial charge is 0.173 e. The Balaban J connectivity index is 4.00. The Morgan fingerprint density at radius 1 is 1.38 bits per heavy atom. The highest BCUT2D eigenvalue weighted by molar-refractivity contribution is 5.15. The van der Waals surface area contributed by atoms with E-state index in [0.717, 1.165) is 0 Å². The van der Waals surface area contributed by atoms with Crippen molar-refractivity contribution in [3.63, 3.8) is 0 Å². The highest BCUT2D eigenvalue weighted by atomic mass is 19.3. The molecule has 0 N–H and O–H groups in total. The maximum absolute atomic E-state index is 11.4. The predicted octanol–water partition coefficient (Wildman–Crippen LogP) is 2.73. The van der Waals surface area contributed by atoms with E-state index in [1.54, 1.807) is 13.0 Å². The molecule has 0 spiro atoms. The largest absolute Gasteiger partial charge is 0.273 e. The summed E-state index contributed by atoms with van der Waals surface area (Å²) >= 11 is 0. The molecule has 0 aromatic heterocycles. The molecule has 0 aliphatic carbocycles. The standard InChI is InChI=1S/C6H8F2/c1-3-4-5(2)6(7)8/h3-4H,1-2H3. The summed E-state index contributed by atoms with van der Waals surface area (Å²) in [4.78, 5) is 0. The van der Waals surface area contributed by atoms with Gasteiger partial charge in [-0.15, -0.1) is 0 Å². The van der Waals surface area contributed by atoms with Crippen LogP contribution in [0.25, 0.3) is 0 Å². The minimum atomic E-state index is -1.61. The Hall–Kier alpha value is -0.660. The first-order chi connectivity index (χ1) is 3.68. The second kappa shape index (κ2) is 3.36. The van der Waals surface area contributed by atoms with Crippen molar-refractivity contribution in [2.24, 2.45) is 0 Å². The van der Waals surface area contributed by atoms with E-state index in [2.05, 4.69) is 0 Å². The monoisotopic (exact) mass is 118 g/mol. The van der Waals surface area contributed by atoms with E-state index in [0.29, 0.717) is 0 Å². The topological polar surface area (TPSA) is 0 Å². The van der Waals surface area contributed by atoms with Crippen molar-refractivity contribution < 1.29 is 8.78 Å². The van der Waals surface area contributed by atoms with Crippen LogP contribution in [0.4, 0.5) is 8.78 Å². The van der Waals surface area contributed by atoms with Crippen LogP contribution in [0.5, 0.6) is 0 Å². The SMILES string of the molecule is CC=CC(C)=C(F)F. The molecule has 0 aliphatic heterocycles. The number of rotatable bonds is 1. The van der Waals surface area contributed by atoms with Crippen molar-refractivity contribution in [3.8, 4) is 0 Å². The highest BCUT2D eigenvalue weighted by Gasteiger charge is 1.90. The van der Waals surface area contributed by atoms with Gasteiger partial charge in [-0.2, -0.15) is 8.78 Å². The molecule has 2 heteroatoms. The zero-order valence-electron chi connectivity index (χ0n) is 4.91. The third-order valence-electron chi connectivity index (χ3n) is 0.715. The number of halogens is 2. The average Bonchev–Trinajstić information content (AvgIpc) is 1.67. The van der Waals surface area contributed by atoms with Crippen molar-refractivity contribution in [1.82, 2.24) is 0 Å². The first-order valence-corrected chi connectivity index (χ1v) is 2.33. The molecule has 0 bridgehead atoms. The molecule has 0 atom stereocenters. The van der Waals surface area contributed by atoms with Crippen LogP contribution < -0.4 is 0 Å². The Morgan fingerprint density at radius 2 is 1.88 bits per heavy atom. The van der Waals surface area contributed by atoms with Crippen LogP contribution in [0.1, 0.15) is 13.8 Å². The van der Waals surface area contributed by atoms with Crippen LogP contribution in [0.2, 0.25) is 0 Å². The lowest BCUT2D eigenvalue weighted by Gasteiger charge is -1.83. The highest BCUT2D eigenvalue weighted by Crippen LogP contribution is 2.06. The Bertz CT molecular complexity index is 118. The molecule has 0 unspecified atom stereocenters. The lowest BCUT2D eigenvalue weighted by atomic mass is 10.3. The van der Waals surface area contributed by atoms with Gasteiger partial charge in [0, 0.05) is 5.57 Å². The minimum Gasteiger partial charge on any atom is -0.173 e. The van der Waals surface area contributed by atoms with Gasteiger partial charge in [0.2, 0.25) is 0 Å². The van der Waals surface area contributed by atoms with Gasteiger partial charge in [-0.25, -0.2) is 0 Å². The molecule has 0 saturated heterocycles. The van der Waals surface area contributed by atoms with Gasteiger partial charge in [0.1, 0.15) is 0 Å². The quantitative estimate of drug-likeness (QED) is 0.464. The Labute approximate surface area is 47.5 Å². The fraction of sp³-hybridized carbons (Fsp3) is 0.333. The fourth-order valence-corrected chi connectivity index (χ4v) is 0.313. The molecule has 0 aromatic carbocycles. The van der Waals surface area contributed by atoms with Crippen LogP contribution in [-0.2, 0) is 0 Å². The summed E-state index contributed by atoms with van der Waals surface area (Å²) in [6.45, 7) is 3.07.